The van der Waals surface area contributed by atoms with Gasteiger partial charge in [0, 0.05) is 13.1 Å². The summed E-state index contributed by atoms with van der Waals surface area (Å²) in [5.41, 5.74) is 0.0864. The van der Waals surface area contributed by atoms with E-state index in [1.807, 2.05) is 0 Å². The molecule has 2 atom stereocenters. The number of carbonyl (C=O) groups excluding carboxylic acids is 2. The highest BCUT2D eigenvalue weighted by atomic mass is 35.5. The Hall–Kier alpha value is -2.38. The molecule has 0 aliphatic carbocycles. The summed E-state index contributed by atoms with van der Waals surface area (Å²) in [5, 5.41) is 5.40. The summed E-state index contributed by atoms with van der Waals surface area (Å²) in [6.07, 6.45) is -1.00. The quantitative estimate of drug-likeness (QED) is 0.755. The van der Waals surface area contributed by atoms with E-state index in [1.165, 1.54) is 38.2 Å². The van der Waals surface area contributed by atoms with Gasteiger partial charge in [0.25, 0.3) is 5.91 Å². The molecule has 0 fully saturated rings. The van der Waals surface area contributed by atoms with Crippen LogP contribution < -0.4 is 15.4 Å². The highest BCUT2D eigenvalue weighted by Crippen LogP contribution is 2.27. The van der Waals surface area contributed by atoms with E-state index in [9.17, 15) is 18.4 Å². The summed E-state index contributed by atoms with van der Waals surface area (Å²) in [5.74, 6) is -3.13. The number of hydrogen-bond donors (Lipinski definition) is 2. The van der Waals surface area contributed by atoms with E-state index in [1.54, 1.807) is 0 Å². The maximum atomic E-state index is 13.5. The van der Waals surface area contributed by atoms with Gasteiger partial charge in [-0.2, -0.15) is 0 Å². The van der Waals surface area contributed by atoms with Crippen molar-refractivity contribution >= 4 is 35.0 Å². The average molecular weight is 417 g/mol. The minimum absolute atomic E-state index is 0.0864. The van der Waals surface area contributed by atoms with Crippen LogP contribution in [0.15, 0.2) is 36.4 Å². The van der Waals surface area contributed by atoms with Gasteiger partial charge in [0.1, 0.15) is 11.8 Å². The number of nitrogens with one attached hydrogen (secondary N) is 2. The van der Waals surface area contributed by atoms with Crippen molar-refractivity contribution in [1.29, 1.82) is 0 Å². The number of halogens is 4. The van der Waals surface area contributed by atoms with Gasteiger partial charge in [-0.25, -0.2) is 8.78 Å². The molecule has 2 amide bonds. The predicted octanol–water partition coefficient (Wildman–Crippen LogP) is 3.64. The maximum absolute atomic E-state index is 13.5. The number of benzene rings is 2. The average Bonchev–Trinajstić information content (AvgIpc) is 2.64. The Bertz CT molecular complexity index is 864. The fourth-order valence-electron chi connectivity index (χ4n) is 2.20. The summed E-state index contributed by atoms with van der Waals surface area (Å²) < 4.78 is 32.1. The Kier molecular flexibility index (Phi) is 6.98. The number of ether oxygens (including phenoxy) is 1. The molecule has 0 saturated heterocycles. The molecule has 0 aliphatic heterocycles. The Labute approximate surface area is 164 Å². The van der Waals surface area contributed by atoms with Gasteiger partial charge in [-0.3, -0.25) is 9.59 Å². The first-order valence-corrected chi connectivity index (χ1v) is 8.57. The zero-order valence-corrected chi connectivity index (χ0v) is 15.9. The highest BCUT2D eigenvalue weighted by molar-refractivity contribution is 6.42. The van der Waals surface area contributed by atoms with Gasteiger partial charge >= 0.3 is 0 Å². The van der Waals surface area contributed by atoms with Gasteiger partial charge in [-0.05, 0) is 36.8 Å². The Morgan fingerprint density at radius 3 is 2.30 bits per heavy atom. The van der Waals surface area contributed by atoms with Crippen LogP contribution in [0.5, 0.6) is 5.75 Å². The van der Waals surface area contributed by atoms with Gasteiger partial charge in [-0.1, -0.05) is 29.3 Å². The Balaban J connectivity index is 2.15. The Morgan fingerprint density at radius 2 is 1.70 bits per heavy atom. The molecule has 0 spiro atoms. The van der Waals surface area contributed by atoms with Crippen LogP contribution in [-0.2, 0) is 9.59 Å². The molecule has 27 heavy (non-hydrogen) atoms. The lowest BCUT2D eigenvalue weighted by molar-refractivity contribution is -0.132. The fourth-order valence-corrected chi connectivity index (χ4v) is 2.49. The molecule has 0 aliphatic rings. The van der Waals surface area contributed by atoms with E-state index in [0.717, 1.165) is 12.1 Å². The van der Waals surface area contributed by atoms with E-state index in [-0.39, 0.29) is 10.6 Å². The van der Waals surface area contributed by atoms with E-state index in [0.29, 0.717) is 10.8 Å². The second-order valence-corrected chi connectivity index (χ2v) is 6.38. The van der Waals surface area contributed by atoms with Crippen molar-refractivity contribution in [3.63, 3.8) is 0 Å². The maximum Gasteiger partial charge on any atom is 0.261 e. The van der Waals surface area contributed by atoms with Gasteiger partial charge < -0.3 is 15.4 Å². The third-order valence-electron chi connectivity index (χ3n) is 3.65. The van der Waals surface area contributed by atoms with Crippen LogP contribution in [0.4, 0.5) is 8.78 Å². The van der Waals surface area contributed by atoms with E-state index in [2.05, 4.69) is 10.6 Å². The number of rotatable bonds is 6. The lowest BCUT2D eigenvalue weighted by Gasteiger charge is -2.21. The third-order valence-corrected chi connectivity index (χ3v) is 4.38. The smallest absolute Gasteiger partial charge is 0.261 e. The normalized spacial score (nSPS) is 12.8. The molecule has 0 bridgehead atoms. The van der Waals surface area contributed by atoms with Crippen LogP contribution in [0.1, 0.15) is 18.5 Å². The standard InChI is InChI=1S/C18H16Cl2F2N2O3/c1-9(27-11-4-5-12(19)13(20)8-11)17(25)24-16(18(26)23-2)10-3-6-14(21)15(22)7-10/h3-9,16H,1-2H3,(H,23,26)(H,24,25). The fraction of sp³-hybridized carbons (Fsp3) is 0.222. The molecule has 144 valence electrons. The molecule has 0 heterocycles. The summed E-state index contributed by atoms with van der Waals surface area (Å²) in [7, 11) is 1.36. The molecule has 2 rings (SSSR count). The SMILES string of the molecule is CNC(=O)C(NC(=O)C(C)Oc1ccc(Cl)c(Cl)c1)c1ccc(F)c(F)c1. The number of likely N-dealkylation sites (N-methyl/N-ethyl adjacent to an activating group) is 1. The second-order valence-electron chi connectivity index (χ2n) is 5.57. The molecule has 0 aromatic heterocycles. The molecular weight excluding hydrogens is 401 g/mol. The zero-order chi connectivity index (χ0) is 20.1. The molecule has 2 aromatic carbocycles. The van der Waals surface area contributed by atoms with Crippen molar-refractivity contribution in [1.82, 2.24) is 10.6 Å². The van der Waals surface area contributed by atoms with Gasteiger partial charge in [0.15, 0.2) is 17.7 Å². The van der Waals surface area contributed by atoms with Crippen LogP contribution in [0.3, 0.4) is 0 Å². The summed E-state index contributed by atoms with van der Waals surface area (Å²) in [4.78, 5) is 24.5. The first kappa shape index (κ1) is 20.9. The summed E-state index contributed by atoms with van der Waals surface area (Å²) in [6.45, 7) is 1.46. The number of carbonyl (C=O) groups is 2. The van der Waals surface area contributed by atoms with E-state index >= 15 is 0 Å². The molecule has 9 heteroatoms. The van der Waals surface area contributed by atoms with Gasteiger partial charge in [0.2, 0.25) is 5.91 Å². The van der Waals surface area contributed by atoms with Crippen LogP contribution >= 0.6 is 23.2 Å². The largest absolute Gasteiger partial charge is 0.481 e. The molecule has 0 saturated carbocycles. The molecule has 0 radical (unpaired) electrons. The van der Waals surface area contributed by atoms with E-state index in [4.69, 9.17) is 27.9 Å². The second kappa shape index (κ2) is 9.01. The van der Waals surface area contributed by atoms with Crippen molar-refractivity contribution in [2.45, 2.75) is 19.1 Å². The minimum Gasteiger partial charge on any atom is -0.481 e. The van der Waals surface area contributed by atoms with Crippen molar-refractivity contribution in [3.05, 3.63) is 63.6 Å². The minimum atomic E-state index is -1.22. The summed E-state index contributed by atoms with van der Waals surface area (Å²) >= 11 is 11.7. The van der Waals surface area contributed by atoms with Crippen LogP contribution in [0, 0.1) is 11.6 Å². The first-order chi connectivity index (χ1) is 12.7. The number of hydrogen-bond acceptors (Lipinski definition) is 3. The summed E-state index contributed by atoms with van der Waals surface area (Å²) in [6, 6.07) is 6.20. The first-order valence-electron chi connectivity index (χ1n) is 7.81. The highest BCUT2D eigenvalue weighted by Gasteiger charge is 2.26. The van der Waals surface area contributed by atoms with Crippen molar-refractivity contribution < 1.29 is 23.1 Å². The van der Waals surface area contributed by atoms with Crippen LogP contribution in [0.2, 0.25) is 10.0 Å². The molecule has 2 N–H and O–H groups in total. The van der Waals surface area contributed by atoms with Gasteiger partial charge in [-0.15, -0.1) is 0 Å². The zero-order valence-electron chi connectivity index (χ0n) is 14.4. The van der Waals surface area contributed by atoms with Crippen molar-refractivity contribution in [3.8, 4) is 5.75 Å². The monoisotopic (exact) mass is 416 g/mol. The lowest BCUT2D eigenvalue weighted by Crippen LogP contribution is -2.44. The van der Waals surface area contributed by atoms with E-state index < -0.39 is 35.6 Å². The van der Waals surface area contributed by atoms with Crippen LogP contribution in [-0.4, -0.2) is 25.0 Å². The molecule has 2 aromatic rings. The predicted molar refractivity (Wildman–Crippen MR) is 97.9 cm³/mol. The number of amides is 2. The molecule has 2 unspecified atom stereocenters. The Morgan fingerprint density at radius 1 is 1.00 bits per heavy atom. The van der Waals surface area contributed by atoms with Crippen LogP contribution in [0.25, 0.3) is 0 Å². The lowest BCUT2D eigenvalue weighted by atomic mass is 10.1. The van der Waals surface area contributed by atoms with Crippen molar-refractivity contribution in [2.75, 3.05) is 7.05 Å². The third kappa shape index (κ3) is 5.30. The topological polar surface area (TPSA) is 67.4 Å². The molecule has 5 nitrogen and oxygen atoms in total. The van der Waals surface area contributed by atoms with Crippen molar-refractivity contribution in [2.24, 2.45) is 0 Å². The van der Waals surface area contributed by atoms with Gasteiger partial charge in [0.05, 0.1) is 10.0 Å². The molecular formula is C18H16Cl2F2N2O3.